The number of ether oxygens (including phenoxy) is 1. The maximum Gasteiger partial charge on any atom is 0.262 e. The lowest BCUT2D eigenvalue weighted by molar-refractivity contribution is 0.342. The zero-order valence-corrected chi connectivity index (χ0v) is 13.9. The van der Waals surface area contributed by atoms with Gasteiger partial charge in [0.15, 0.2) is 0 Å². The van der Waals surface area contributed by atoms with Crippen molar-refractivity contribution in [1.29, 1.82) is 0 Å². The zero-order valence-electron chi connectivity index (χ0n) is 13.0. The van der Waals surface area contributed by atoms with Crippen LogP contribution in [0.25, 0.3) is 0 Å². The van der Waals surface area contributed by atoms with E-state index in [0.717, 1.165) is 5.56 Å². The van der Waals surface area contributed by atoms with E-state index in [1.54, 1.807) is 36.4 Å². The molecule has 0 aliphatic rings. The number of hydrogen-bond acceptors (Lipinski definition) is 3. The van der Waals surface area contributed by atoms with E-state index in [0.29, 0.717) is 24.0 Å². The summed E-state index contributed by atoms with van der Waals surface area (Å²) in [5.41, 5.74) is 1.55. The highest BCUT2D eigenvalue weighted by Gasteiger charge is 2.16. The van der Waals surface area contributed by atoms with Gasteiger partial charge in [-0.15, -0.1) is 0 Å². The molecular weight excluding hydrogens is 298 g/mol. The van der Waals surface area contributed by atoms with E-state index in [2.05, 4.69) is 18.6 Å². The Balaban J connectivity index is 2.28. The van der Waals surface area contributed by atoms with Gasteiger partial charge in [-0.25, -0.2) is 8.42 Å². The van der Waals surface area contributed by atoms with E-state index in [4.69, 9.17) is 4.74 Å². The number of hydrogen-bond donors (Lipinski definition) is 1. The molecule has 5 heteroatoms. The standard InChI is InChI=1S/C17H21NO3S/c1-4-21-17-8-6-5-7-16(17)18-22(19,20)15-11-9-14(10-12-15)13(2)3/h5-13,18H,4H2,1-3H3. The highest BCUT2D eigenvalue weighted by atomic mass is 32.2. The maximum atomic E-state index is 12.5. The van der Waals surface area contributed by atoms with Crippen molar-refractivity contribution in [3.63, 3.8) is 0 Å². The highest BCUT2D eigenvalue weighted by Crippen LogP contribution is 2.27. The molecule has 0 fully saturated rings. The summed E-state index contributed by atoms with van der Waals surface area (Å²) in [4.78, 5) is 0.239. The van der Waals surface area contributed by atoms with Gasteiger partial charge < -0.3 is 4.74 Å². The molecule has 0 radical (unpaired) electrons. The molecule has 0 aliphatic carbocycles. The van der Waals surface area contributed by atoms with Gasteiger partial charge >= 0.3 is 0 Å². The molecule has 118 valence electrons. The summed E-state index contributed by atoms with van der Waals surface area (Å²) >= 11 is 0. The van der Waals surface area contributed by atoms with Crippen molar-refractivity contribution >= 4 is 15.7 Å². The summed E-state index contributed by atoms with van der Waals surface area (Å²) in [6, 6.07) is 13.9. The Kier molecular flexibility index (Phi) is 5.08. The van der Waals surface area contributed by atoms with Crippen LogP contribution in [0, 0.1) is 0 Å². The van der Waals surface area contributed by atoms with Gasteiger partial charge in [-0.05, 0) is 42.7 Å². The molecule has 0 aliphatic heterocycles. The summed E-state index contributed by atoms with van der Waals surface area (Å²) < 4.78 is 33.0. The summed E-state index contributed by atoms with van der Waals surface area (Å²) in [6.07, 6.45) is 0. The van der Waals surface area contributed by atoms with E-state index in [1.165, 1.54) is 0 Å². The number of rotatable bonds is 6. The van der Waals surface area contributed by atoms with Crippen molar-refractivity contribution in [1.82, 2.24) is 0 Å². The van der Waals surface area contributed by atoms with Crippen molar-refractivity contribution in [2.45, 2.75) is 31.6 Å². The SMILES string of the molecule is CCOc1ccccc1NS(=O)(=O)c1ccc(C(C)C)cc1. The number of nitrogens with one attached hydrogen (secondary N) is 1. The zero-order chi connectivity index (χ0) is 16.2. The molecule has 0 spiro atoms. The third-order valence-electron chi connectivity index (χ3n) is 3.29. The lowest BCUT2D eigenvalue weighted by Gasteiger charge is -2.13. The normalized spacial score (nSPS) is 11.5. The fourth-order valence-corrected chi connectivity index (χ4v) is 3.14. The molecule has 0 saturated heterocycles. The minimum Gasteiger partial charge on any atom is -0.492 e. The van der Waals surface area contributed by atoms with Crippen molar-refractivity contribution in [3.05, 3.63) is 54.1 Å². The summed E-state index contributed by atoms with van der Waals surface area (Å²) in [5, 5.41) is 0. The fraction of sp³-hybridized carbons (Fsp3) is 0.294. The Hall–Kier alpha value is -2.01. The molecule has 2 aromatic rings. The highest BCUT2D eigenvalue weighted by molar-refractivity contribution is 7.92. The molecule has 0 amide bonds. The number of anilines is 1. The minimum absolute atomic E-state index is 0.239. The number of para-hydroxylation sites is 2. The average Bonchev–Trinajstić information content (AvgIpc) is 2.49. The molecule has 0 saturated carbocycles. The van der Waals surface area contributed by atoms with Crippen LogP contribution in [0.15, 0.2) is 53.4 Å². The van der Waals surface area contributed by atoms with Crippen molar-refractivity contribution < 1.29 is 13.2 Å². The first kappa shape index (κ1) is 16.4. The van der Waals surface area contributed by atoms with E-state index in [-0.39, 0.29) is 4.90 Å². The van der Waals surface area contributed by atoms with Crippen molar-refractivity contribution in [2.24, 2.45) is 0 Å². The predicted octanol–water partition coefficient (Wildman–Crippen LogP) is 4.01. The molecule has 0 unspecified atom stereocenters. The van der Waals surface area contributed by atoms with Crippen LogP contribution in [0.4, 0.5) is 5.69 Å². The average molecular weight is 319 g/mol. The van der Waals surface area contributed by atoms with Gasteiger partial charge in [-0.2, -0.15) is 0 Å². The molecule has 0 atom stereocenters. The second kappa shape index (κ2) is 6.83. The molecule has 1 N–H and O–H groups in total. The molecule has 0 heterocycles. The van der Waals surface area contributed by atoms with Gasteiger partial charge in [0.2, 0.25) is 0 Å². The Morgan fingerprint density at radius 3 is 2.27 bits per heavy atom. The van der Waals surface area contributed by atoms with Crippen LogP contribution in [-0.4, -0.2) is 15.0 Å². The second-order valence-electron chi connectivity index (χ2n) is 5.26. The number of sulfonamides is 1. The first-order valence-electron chi connectivity index (χ1n) is 7.28. The fourth-order valence-electron chi connectivity index (χ4n) is 2.07. The third kappa shape index (κ3) is 3.80. The molecule has 2 rings (SSSR count). The van der Waals surface area contributed by atoms with Crippen molar-refractivity contribution in [3.8, 4) is 5.75 Å². The third-order valence-corrected chi connectivity index (χ3v) is 4.67. The largest absolute Gasteiger partial charge is 0.492 e. The lowest BCUT2D eigenvalue weighted by atomic mass is 10.0. The smallest absolute Gasteiger partial charge is 0.262 e. The van der Waals surface area contributed by atoms with E-state index >= 15 is 0 Å². The Bertz CT molecular complexity index is 722. The van der Waals surface area contributed by atoms with Crippen LogP contribution in [0.2, 0.25) is 0 Å². The van der Waals surface area contributed by atoms with Crippen molar-refractivity contribution in [2.75, 3.05) is 11.3 Å². The van der Waals surface area contributed by atoms with Crippen LogP contribution in [-0.2, 0) is 10.0 Å². The summed E-state index contributed by atoms with van der Waals surface area (Å²) in [6.45, 7) is 6.47. The van der Waals surface area contributed by atoms with Gasteiger partial charge in [-0.1, -0.05) is 38.1 Å². The van der Waals surface area contributed by atoms with Crippen LogP contribution < -0.4 is 9.46 Å². The molecule has 0 aromatic heterocycles. The minimum atomic E-state index is -3.63. The van der Waals surface area contributed by atoms with Crippen LogP contribution in [0.5, 0.6) is 5.75 Å². The first-order chi connectivity index (χ1) is 10.4. The van der Waals surface area contributed by atoms with Gasteiger partial charge in [0, 0.05) is 0 Å². The first-order valence-corrected chi connectivity index (χ1v) is 8.77. The molecular formula is C17H21NO3S. The molecule has 4 nitrogen and oxygen atoms in total. The predicted molar refractivity (Wildman–Crippen MR) is 89.0 cm³/mol. The topological polar surface area (TPSA) is 55.4 Å². The molecule has 0 bridgehead atoms. The Labute approximate surface area is 132 Å². The van der Waals surface area contributed by atoms with Crippen LogP contribution in [0.1, 0.15) is 32.3 Å². The van der Waals surface area contributed by atoms with Gasteiger partial charge in [0.25, 0.3) is 10.0 Å². The van der Waals surface area contributed by atoms with Gasteiger partial charge in [0.05, 0.1) is 17.2 Å². The lowest BCUT2D eigenvalue weighted by Crippen LogP contribution is -2.14. The molecule has 22 heavy (non-hydrogen) atoms. The number of benzene rings is 2. The van der Waals surface area contributed by atoms with E-state index in [9.17, 15) is 8.42 Å². The summed E-state index contributed by atoms with van der Waals surface area (Å²) in [7, 11) is -3.63. The Morgan fingerprint density at radius 2 is 1.68 bits per heavy atom. The monoisotopic (exact) mass is 319 g/mol. The maximum absolute atomic E-state index is 12.5. The Morgan fingerprint density at radius 1 is 1.05 bits per heavy atom. The van der Waals surface area contributed by atoms with Gasteiger partial charge in [-0.3, -0.25) is 4.72 Å². The van der Waals surface area contributed by atoms with E-state index in [1.807, 2.05) is 19.1 Å². The van der Waals surface area contributed by atoms with Gasteiger partial charge in [0.1, 0.15) is 5.75 Å². The second-order valence-corrected chi connectivity index (χ2v) is 6.94. The summed E-state index contributed by atoms with van der Waals surface area (Å²) in [5.74, 6) is 0.885. The van der Waals surface area contributed by atoms with Crippen LogP contribution in [0.3, 0.4) is 0 Å². The van der Waals surface area contributed by atoms with E-state index < -0.39 is 10.0 Å². The van der Waals surface area contributed by atoms with Crippen LogP contribution >= 0.6 is 0 Å². The quantitative estimate of drug-likeness (QED) is 0.875. The molecule has 2 aromatic carbocycles.